The first-order chi connectivity index (χ1) is 11.4. The summed E-state index contributed by atoms with van der Waals surface area (Å²) < 4.78 is 27.9. The van der Waals surface area contributed by atoms with Crippen LogP contribution in [-0.2, 0) is 18.0 Å². The average molecular weight is 395 g/mol. The minimum atomic E-state index is -3.15. The van der Waals surface area contributed by atoms with E-state index in [0.29, 0.717) is 6.42 Å². The maximum Gasteiger partial charge on any atom is 0.332 e. The molecule has 1 N–H and O–H groups in total. The zero-order valence-corrected chi connectivity index (χ0v) is 19.3. The highest BCUT2D eigenvalue weighted by molar-refractivity contribution is 7.53. The summed E-state index contributed by atoms with van der Waals surface area (Å²) in [5, 5.41) is 10.3. The summed E-state index contributed by atoms with van der Waals surface area (Å²) >= 11 is 0. The fourth-order valence-electron chi connectivity index (χ4n) is 2.14. The van der Waals surface area contributed by atoms with Gasteiger partial charge in [-0.15, -0.1) is 0 Å². The Kier molecular flexibility index (Phi) is 11.0. The van der Waals surface area contributed by atoms with Crippen LogP contribution < -0.4 is 0 Å². The van der Waals surface area contributed by atoms with E-state index in [1.165, 1.54) is 14.2 Å². The van der Waals surface area contributed by atoms with Gasteiger partial charge in [0.25, 0.3) is 0 Å². The number of allylic oxidation sites excluding steroid dienone is 2. The van der Waals surface area contributed by atoms with E-state index in [1.54, 1.807) is 0 Å². The molecule has 2 atom stereocenters. The van der Waals surface area contributed by atoms with Gasteiger partial charge in [-0.1, -0.05) is 39.8 Å². The molecule has 1 unspecified atom stereocenters. The van der Waals surface area contributed by atoms with E-state index in [9.17, 15) is 9.67 Å². The number of hydrogen-bond acceptors (Lipinski definition) is 5. The summed E-state index contributed by atoms with van der Waals surface area (Å²) in [5.41, 5.74) is 0. The van der Waals surface area contributed by atoms with Crippen molar-refractivity contribution in [3.05, 3.63) is 12.2 Å². The van der Waals surface area contributed by atoms with E-state index in [0.717, 1.165) is 19.4 Å². The second-order valence-corrected chi connectivity index (χ2v) is 15.3. The zero-order chi connectivity index (χ0) is 19.7. The maximum absolute atomic E-state index is 12.0. The molecule has 0 aromatic carbocycles. The predicted octanol–water partition coefficient (Wildman–Crippen LogP) is 5.22. The van der Waals surface area contributed by atoms with Gasteiger partial charge in [-0.2, -0.15) is 0 Å². The number of unbranched alkanes of at least 4 members (excludes halogenated alkanes) is 1. The molecule has 0 saturated heterocycles. The van der Waals surface area contributed by atoms with Crippen molar-refractivity contribution in [3.63, 3.8) is 0 Å². The third-order valence-electron chi connectivity index (χ3n) is 4.88. The number of hydrogen-bond donors (Lipinski definition) is 1. The van der Waals surface area contributed by atoms with E-state index >= 15 is 0 Å². The topological polar surface area (TPSA) is 65.0 Å². The molecule has 0 rings (SSSR count). The van der Waals surface area contributed by atoms with Crippen LogP contribution in [0.5, 0.6) is 0 Å². The minimum absolute atomic E-state index is 0.0263. The van der Waals surface area contributed by atoms with Crippen LogP contribution in [-0.4, -0.2) is 46.5 Å². The van der Waals surface area contributed by atoms with Gasteiger partial charge >= 0.3 is 7.60 Å². The summed E-state index contributed by atoms with van der Waals surface area (Å²) in [6, 6.07) is 0. The molecule has 0 spiro atoms. The predicted molar refractivity (Wildman–Crippen MR) is 108 cm³/mol. The quantitative estimate of drug-likeness (QED) is 0.213. The molecule has 7 heteroatoms. The first-order valence-corrected chi connectivity index (χ1v) is 13.7. The molecule has 25 heavy (non-hydrogen) atoms. The number of aliphatic hydroxyl groups excluding tert-OH is 1. The van der Waals surface area contributed by atoms with Gasteiger partial charge in [0.2, 0.25) is 0 Å². The Hall–Kier alpha value is 0.0269. The smallest absolute Gasteiger partial charge is 0.332 e. The Morgan fingerprint density at radius 1 is 1.20 bits per heavy atom. The molecule has 150 valence electrons. The number of aliphatic hydroxyl groups is 1. The molecule has 0 aliphatic heterocycles. The second-order valence-electron chi connectivity index (χ2n) is 8.20. The largest absolute Gasteiger partial charge is 0.417 e. The normalized spacial score (nSPS) is 16.4. The molecule has 0 aromatic rings. The molecule has 5 nitrogen and oxygen atoms in total. The summed E-state index contributed by atoms with van der Waals surface area (Å²) in [7, 11) is -2.12. The Bertz CT molecular complexity index is 437. The highest BCUT2D eigenvalue weighted by atomic mass is 31.2. The molecule has 0 saturated carbocycles. The molecule has 0 radical (unpaired) electrons. The number of rotatable bonds is 12. The first-order valence-electron chi connectivity index (χ1n) is 9.06. The average Bonchev–Trinajstić information content (AvgIpc) is 2.49. The molecule has 0 bridgehead atoms. The Labute approximate surface area is 155 Å². The summed E-state index contributed by atoms with van der Waals surface area (Å²) in [6.45, 7) is 14.1. The van der Waals surface area contributed by atoms with Crippen LogP contribution in [0.1, 0.15) is 47.0 Å². The lowest BCUT2D eigenvalue weighted by molar-refractivity contribution is 0.161. The summed E-state index contributed by atoms with van der Waals surface area (Å²) in [6.07, 6.45) is 6.06. The van der Waals surface area contributed by atoms with E-state index in [1.807, 2.05) is 6.92 Å². The molecule has 0 aromatic heterocycles. The van der Waals surface area contributed by atoms with Crippen LogP contribution in [0.4, 0.5) is 0 Å². The fourth-order valence-corrected chi connectivity index (χ4v) is 4.34. The molecule has 0 amide bonds. The van der Waals surface area contributed by atoms with Crippen LogP contribution >= 0.6 is 7.60 Å². The molecule has 0 heterocycles. The Balaban J connectivity index is 4.09. The fraction of sp³-hybridized carbons (Fsp3) is 0.889. The van der Waals surface area contributed by atoms with Gasteiger partial charge in [0, 0.05) is 20.8 Å². The van der Waals surface area contributed by atoms with E-state index in [4.69, 9.17) is 13.5 Å². The minimum Gasteiger partial charge on any atom is -0.417 e. The summed E-state index contributed by atoms with van der Waals surface area (Å²) in [4.78, 5) is 0. The lowest BCUT2D eigenvalue weighted by atomic mass is 10.0. The Morgan fingerprint density at radius 3 is 2.24 bits per heavy atom. The van der Waals surface area contributed by atoms with E-state index in [2.05, 4.69) is 46.0 Å². The van der Waals surface area contributed by atoms with Gasteiger partial charge in [-0.3, -0.25) is 4.57 Å². The van der Waals surface area contributed by atoms with Crippen molar-refractivity contribution >= 4 is 15.9 Å². The first kappa shape index (κ1) is 25.0. The van der Waals surface area contributed by atoms with Crippen molar-refractivity contribution in [1.82, 2.24) is 0 Å². The van der Waals surface area contributed by atoms with Crippen molar-refractivity contribution in [2.75, 3.05) is 27.0 Å². The van der Waals surface area contributed by atoms with Gasteiger partial charge in [-0.25, -0.2) is 0 Å². The third kappa shape index (κ3) is 10.1. The van der Waals surface area contributed by atoms with Crippen molar-refractivity contribution in [3.8, 4) is 0 Å². The van der Waals surface area contributed by atoms with Gasteiger partial charge in [0.1, 0.15) is 0 Å². The highest BCUT2D eigenvalue weighted by Crippen LogP contribution is 2.47. The van der Waals surface area contributed by atoms with Gasteiger partial charge < -0.3 is 18.6 Å². The van der Waals surface area contributed by atoms with Crippen LogP contribution in [0.3, 0.4) is 0 Å². The SMILES string of the molecule is COP(=O)(CC(O)C[C@@H](C)/C=C/CCCO[Si](C)(C)C(C)(C)C)OC. The maximum atomic E-state index is 12.0. The molecule has 0 fully saturated rings. The molecular formula is C18H39O5PSi. The van der Waals surface area contributed by atoms with Crippen molar-refractivity contribution < 1.29 is 23.1 Å². The van der Waals surface area contributed by atoms with Crippen molar-refractivity contribution in [1.29, 1.82) is 0 Å². The van der Waals surface area contributed by atoms with E-state index < -0.39 is 22.0 Å². The van der Waals surface area contributed by atoms with E-state index in [-0.39, 0.29) is 17.1 Å². The second kappa shape index (κ2) is 11.0. The monoisotopic (exact) mass is 394 g/mol. The van der Waals surface area contributed by atoms with Crippen molar-refractivity contribution in [2.45, 2.75) is 71.2 Å². The highest BCUT2D eigenvalue weighted by Gasteiger charge is 2.36. The van der Waals surface area contributed by atoms with Crippen LogP contribution in [0.25, 0.3) is 0 Å². The molecule has 0 aliphatic carbocycles. The van der Waals surface area contributed by atoms with Crippen LogP contribution in [0, 0.1) is 5.92 Å². The molecular weight excluding hydrogens is 355 g/mol. The van der Waals surface area contributed by atoms with Crippen LogP contribution in [0.15, 0.2) is 12.2 Å². The molecule has 0 aliphatic rings. The van der Waals surface area contributed by atoms with Crippen molar-refractivity contribution in [2.24, 2.45) is 5.92 Å². The third-order valence-corrected chi connectivity index (χ3v) is 11.4. The van der Waals surface area contributed by atoms with Crippen LogP contribution in [0.2, 0.25) is 18.1 Å². The summed E-state index contributed by atoms with van der Waals surface area (Å²) in [5.74, 6) is 0.207. The lowest BCUT2D eigenvalue weighted by Crippen LogP contribution is -2.40. The Morgan fingerprint density at radius 2 is 1.76 bits per heavy atom. The lowest BCUT2D eigenvalue weighted by Gasteiger charge is -2.36. The van der Waals surface area contributed by atoms with Gasteiger partial charge in [-0.05, 0) is 43.3 Å². The van der Waals surface area contributed by atoms with Gasteiger partial charge in [0.15, 0.2) is 8.32 Å². The zero-order valence-electron chi connectivity index (χ0n) is 17.4. The van der Waals surface area contributed by atoms with Gasteiger partial charge in [0.05, 0.1) is 12.3 Å². The standard InChI is InChI=1S/C18H39O5PSi/c1-16(14-17(19)15-24(20,21-5)22-6)12-10-9-11-13-23-25(7,8)18(2,3)4/h10,12,16-17,19H,9,11,13-15H2,1-8H3/b12-10+/t16-,17?/m0/s1.